The van der Waals surface area contributed by atoms with Crippen LogP contribution in [0.1, 0.15) is 12.7 Å². The average Bonchev–Trinajstić information content (AvgIpc) is 2.85. The number of morpholine rings is 1. The molecule has 0 unspecified atom stereocenters. The molecule has 1 aromatic heterocycles. The first-order valence-electron chi connectivity index (χ1n) is 6.65. The van der Waals surface area contributed by atoms with Crippen molar-refractivity contribution in [2.75, 3.05) is 46.4 Å². The molecular weight excluding hydrogens is 230 g/mol. The molecule has 1 fully saturated rings. The number of ether oxygens (including phenoxy) is 1. The van der Waals surface area contributed by atoms with Crippen LogP contribution in [0.4, 0.5) is 0 Å². The third-order valence-corrected chi connectivity index (χ3v) is 3.31. The van der Waals surface area contributed by atoms with Gasteiger partial charge in [0, 0.05) is 32.7 Å². The minimum absolute atomic E-state index is 0.859. The van der Waals surface area contributed by atoms with Gasteiger partial charge in [-0.2, -0.15) is 5.10 Å². The quantitative estimate of drug-likeness (QED) is 0.717. The van der Waals surface area contributed by atoms with Gasteiger partial charge in [0.15, 0.2) is 0 Å². The summed E-state index contributed by atoms with van der Waals surface area (Å²) in [6.45, 7) is 9.83. The van der Waals surface area contributed by atoms with Gasteiger partial charge in [0.1, 0.15) is 12.2 Å². The summed E-state index contributed by atoms with van der Waals surface area (Å²) in [6, 6.07) is 0. The molecule has 6 nitrogen and oxygen atoms in total. The minimum atomic E-state index is 0.859. The summed E-state index contributed by atoms with van der Waals surface area (Å²) in [5.74, 6) is 1.04. The number of likely N-dealkylation sites (N-methyl/N-ethyl adjacent to an activating group) is 1. The first-order chi connectivity index (χ1) is 8.79. The molecule has 0 radical (unpaired) electrons. The molecule has 0 amide bonds. The van der Waals surface area contributed by atoms with E-state index in [9.17, 15) is 0 Å². The van der Waals surface area contributed by atoms with Crippen molar-refractivity contribution < 1.29 is 4.74 Å². The molecule has 0 aromatic carbocycles. The second-order valence-corrected chi connectivity index (χ2v) is 4.68. The topological polar surface area (TPSA) is 46.4 Å². The van der Waals surface area contributed by atoms with Crippen LogP contribution in [0.15, 0.2) is 6.33 Å². The molecule has 6 heteroatoms. The van der Waals surface area contributed by atoms with Gasteiger partial charge in [0.25, 0.3) is 0 Å². The largest absolute Gasteiger partial charge is 0.379 e. The molecular formula is C12H23N5O. The van der Waals surface area contributed by atoms with Crippen LogP contribution < -0.4 is 0 Å². The van der Waals surface area contributed by atoms with Crippen molar-refractivity contribution >= 4 is 0 Å². The van der Waals surface area contributed by atoms with Crippen molar-refractivity contribution in [3.05, 3.63) is 12.2 Å². The zero-order chi connectivity index (χ0) is 12.8. The number of nitrogens with zero attached hydrogens (tertiary/aromatic N) is 5. The second-order valence-electron chi connectivity index (χ2n) is 4.68. The van der Waals surface area contributed by atoms with Crippen LogP contribution in [0.25, 0.3) is 0 Å². The van der Waals surface area contributed by atoms with E-state index in [1.54, 1.807) is 6.33 Å². The predicted molar refractivity (Wildman–Crippen MR) is 69.3 cm³/mol. The fourth-order valence-electron chi connectivity index (χ4n) is 2.13. The lowest BCUT2D eigenvalue weighted by molar-refractivity contribution is 0.0340. The molecule has 18 heavy (non-hydrogen) atoms. The normalized spacial score (nSPS) is 17.5. The molecule has 1 saturated heterocycles. The molecule has 0 N–H and O–H groups in total. The highest BCUT2D eigenvalue weighted by Crippen LogP contribution is 2.01. The third-order valence-electron chi connectivity index (χ3n) is 3.31. The third kappa shape index (κ3) is 3.76. The van der Waals surface area contributed by atoms with Crippen LogP contribution in [-0.4, -0.2) is 71.0 Å². The molecule has 1 aliphatic heterocycles. The Hall–Kier alpha value is -0.980. The van der Waals surface area contributed by atoms with Crippen molar-refractivity contribution in [2.45, 2.75) is 20.0 Å². The summed E-state index contributed by atoms with van der Waals surface area (Å²) in [4.78, 5) is 9.04. The maximum Gasteiger partial charge on any atom is 0.140 e. The van der Waals surface area contributed by atoms with Gasteiger partial charge in [-0.05, 0) is 14.0 Å². The van der Waals surface area contributed by atoms with Crippen LogP contribution in [0.2, 0.25) is 0 Å². The van der Waals surface area contributed by atoms with Crippen molar-refractivity contribution in [3.8, 4) is 0 Å². The zero-order valence-corrected chi connectivity index (χ0v) is 11.4. The average molecular weight is 253 g/mol. The molecule has 0 aliphatic carbocycles. The fraction of sp³-hybridized carbons (Fsp3) is 0.833. The second kappa shape index (κ2) is 6.82. The van der Waals surface area contributed by atoms with Crippen molar-refractivity contribution in [2.24, 2.45) is 0 Å². The number of hydrogen-bond acceptors (Lipinski definition) is 5. The van der Waals surface area contributed by atoms with Gasteiger partial charge in [-0.3, -0.25) is 9.80 Å². The Bertz CT molecular complexity index is 348. The molecule has 1 aromatic rings. The van der Waals surface area contributed by atoms with Crippen molar-refractivity contribution in [3.63, 3.8) is 0 Å². The van der Waals surface area contributed by atoms with E-state index in [1.165, 1.54) is 0 Å². The Balaban J connectivity index is 1.72. The predicted octanol–water partition coefficient (Wildman–Crippen LogP) is 0.0620. The molecule has 0 spiro atoms. The molecule has 1 aliphatic rings. The molecule has 2 rings (SSSR count). The monoisotopic (exact) mass is 253 g/mol. The number of hydrogen-bond donors (Lipinski definition) is 0. The Morgan fingerprint density at radius 3 is 2.89 bits per heavy atom. The van der Waals surface area contributed by atoms with Crippen LogP contribution >= 0.6 is 0 Å². The van der Waals surface area contributed by atoms with E-state index in [-0.39, 0.29) is 0 Å². The smallest absolute Gasteiger partial charge is 0.140 e. The van der Waals surface area contributed by atoms with E-state index in [4.69, 9.17) is 4.74 Å². The fourth-order valence-corrected chi connectivity index (χ4v) is 2.13. The van der Waals surface area contributed by atoms with Crippen LogP contribution in [0.5, 0.6) is 0 Å². The number of aromatic nitrogens is 3. The maximum absolute atomic E-state index is 5.35. The van der Waals surface area contributed by atoms with Gasteiger partial charge < -0.3 is 4.74 Å². The Morgan fingerprint density at radius 1 is 1.39 bits per heavy atom. The van der Waals surface area contributed by atoms with Gasteiger partial charge >= 0.3 is 0 Å². The van der Waals surface area contributed by atoms with Crippen LogP contribution in [0, 0.1) is 0 Å². The highest BCUT2D eigenvalue weighted by molar-refractivity contribution is 4.84. The first kappa shape index (κ1) is 13.5. The highest BCUT2D eigenvalue weighted by atomic mass is 16.5. The van der Waals surface area contributed by atoms with Gasteiger partial charge in [-0.1, -0.05) is 0 Å². The highest BCUT2D eigenvalue weighted by Gasteiger charge is 2.12. The Morgan fingerprint density at radius 2 is 2.17 bits per heavy atom. The summed E-state index contributed by atoms with van der Waals surface area (Å²) in [7, 11) is 2.13. The standard InChI is InChI=1S/C12H23N5O/c1-3-17-12(13-11-14-17)10-15(2)4-5-16-6-8-18-9-7-16/h11H,3-10H2,1-2H3. The van der Waals surface area contributed by atoms with Crippen LogP contribution in [0.3, 0.4) is 0 Å². The lowest BCUT2D eigenvalue weighted by Crippen LogP contribution is -2.40. The zero-order valence-electron chi connectivity index (χ0n) is 11.4. The van der Waals surface area contributed by atoms with E-state index in [1.807, 2.05) is 4.68 Å². The van der Waals surface area contributed by atoms with Gasteiger partial charge in [0.05, 0.1) is 19.8 Å². The summed E-state index contributed by atoms with van der Waals surface area (Å²) in [5.41, 5.74) is 0. The summed E-state index contributed by atoms with van der Waals surface area (Å²) in [5, 5.41) is 4.19. The summed E-state index contributed by atoms with van der Waals surface area (Å²) in [6.07, 6.45) is 1.63. The van der Waals surface area contributed by atoms with Crippen LogP contribution in [-0.2, 0) is 17.8 Å². The van der Waals surface area contributed by atoms with E-state index < -0.39 is 0 Å². The molecule has 2 heterocycles. The summed E-state index contributed by atoms with van der Waals surface area (Å²) >= 11 is 0. The Labute approximate surface area is 109 Å². The van der Waals surface area contributed by atoms with Crippen molar-refractivity contribution in [1.82, 2.24) is 24.6 Å². The molecule has 102 valence electrons. The first-order valence-corrected chi connectivity index (χ1v) is 6.65. The number of aryl methyl sites for hydroxylation is 1. The maximum atomic E-state index is 5.35. The molecule has 0 atom stereocenters. The van der Waals surface area contributed by atoms with Crippen molar-refractivity contribution in [1.29, 1.82) is 0 Å². The SMILES string of the molecule is CCn1ncnc1CN(C)CCN1CCOCC1. The van der Waals surface area contributed by atoms with E-state index >= 15 is 0 Å². The van der Waals surface area contributed by atoms with E-state index in [0.717, 1.165) is 58.3 Å². The molecule has 0 saturated carbocycles. The minimum Gasteiger partial charge on any atom is -0.379 e. The Kier molecular flexibility index (Phi) is 5.10. The lowest BCUT2D eigenvalue weighted by Gasteiger charge is -2.28. The number of rotatable bonds is 6. The lowest BCUT2D eigenvalue weighted by atomic mass is 10.4. The summed E-state index contributed by atoms with van der Waals surface area (Å²) < 4.78 is 7.29. The molecule has 0 bridgehead atoms. The van der Waals surface area contributed by atoms with Gasteiger partial charge in [-0.15, -0.1) is 0 Å². The van der Waals surface area contributed by atoms with E-state index in [2.05, 4.69) is 33.9 Å². The van der Waals surface area contributed by atoms with Gasteiger partial charge in [-0.25, -0.2) is 9.67 Å². The van der Waals surface area contributed by atoms with Gasteiger partial charge in [0.2, 0.25) is 0 Å². The van der Waals surface area contributed by atoms with E-state index in [0.29, 0.717) is 0 Å².